The van der Waals surface area contributed by atoms with Gasteiger partial charge in [0.25, 0.3) is 0 Å². The summed E-state index contributed by atoms with van der Waals surface area (Å²) < 4.78 is 46.4. The van der Waals surface area contributed by atoms with Gasteiger partial charge in [-0.15, -0.1) is 0 Å². The number of carbonyl (C=O) groups excluding carboxylic acids is 1. The molecule has 0 unspecified atom stereocenters. The number of rotatable bonds is 7. The van der Waals surface area contributed by atoms with Crippen molar-refractivity contribution in [1.29, 1.82) is 0 Å². The van der Waals surface area contributed by atoms with Crippen molar-refractivity contribution in [2.24, 2.45) is 0 Å². The monoisotopic (exact) mass is 423 g/mol. The summed E-state index contributed by atoms with van der Waals surface area (Å²) in [6.07, 6.45) is -2.59. The highest BCUT2D eigenvalue weighted by Gasteiger charge is 2.31. The molecule has 0 saturated heterocycles. The van der Waals surface area contributed by atoms with Crippen molar-refractivity contribution in [3.63, 3.8) is 0 Å². The van der Waals surface area contributed by atoms with Crippen molar-refractivity contribution in [3.8, 4) is 5.75 Å². The lowest BCUT2D eigenvalue weighted by Crippen LogP contribution is -2.21. The molecule has 2 aromatic carbocycles. The fourth-order valence-corrected chi connectivity index (χ4v) is 3.44. The zero-order valence-corrected chi connectivity index (χ0v) is 16.7. The molecule has 0 saturated carbocycles. The third-order valence-electron chi connectivity index (χ3n) is 4.19. The number of alkyl halides is 3. The van der Waals surface area contributed by atoms with E-state index in [1.165, 1.54) is 6.07 Å². The number of anilines is 1. The van der Waals surface area contributed by atoms with E-state index in [4.69, 9.17) is 4.74 Å². The molecule has 0 spiro atoms. The van der Waals surface area contributed by atoms with Crippen molar-refractivity contribution in [1.82, 2.24) is 9.55 Å². The van der Waals surface area contributed by atoms with Crippen molar-refractivity contribution in [3.05, 3.63) is 53.9 Å². The molecular weight excluding hydrogens is 403 g/mol. The van der Waals surface area contributed by atoms with Gasteiger partial charge in [-0.3, -0.25) is 4.79 Å². The molecule has 1 aromatic heterocycles. The Morgan fingerprint density at radius 2 is 2.00 bits per heavy atom. The number of ether oxygens (including phenoxy) is 1. The zero-order chi connectivity index (χ0) is 21.0. The van der Waals surface area contributed by atoms with Gasteiger partial charge in [-0.2, -0.15) is 24.9 Å². The fourth-order valence-electron chi connectivity index (χ4n) is 2.96. The second-order valence-electron chi connectivity index (χ2n) is 6.23. The number of nitrogens with zero attached hydrogens (tertiary/aromatic N) is 2. The Balaban J connectivity index is 1.89. The molecule has 1 heterocycles. The Kier molecular flexibility index (Phi) is 6.36. The highest BCUT2D eigenvalue weighted by atomic mass is 32.2. The van der Waals surface area contributed by atoms with Crippen LogP contribution in [0.1, 0.15) is 18.3 Å². The number of hydrogen-bond donors (Lipinski definition) is 1. The minimum atomic E-state index is -4.52. The lowest BCUT2D eigenvalue weighted by Gasteiger charge is -2.15. The molecule has 0 aliphatic rings. The standard InChI is InChI=1S/C20H20F3N3O2S/c1-3-28-17-9-8-13(20(21,22)23)10-15(17)25-19(27)11-26-16-7-5-4-6-14(16)24-18(26)12-29-2/h4-10H,3,11-12H2,1-2H3,(H,25,27). The molecule has 9 heteroatoms. The predicted molar refractivity (Wildman–Crippen MR) is 108 cm³/mol. The SMILES string of the molecule is CCOc1ccc(C(F)(F)F)cc1NC(=O)Cn1c(CSC)nc2ccccc21. The maximum absolute atomic E-state index is 13.1. The molecule has 1 N–H and O–H groups in total. The van der Waals surface area contributed by atoms with E-state index in [9.17, 15) is 18.0 Å². The molecule has 29 heavy (non-hydrogen) atoms. The van der Waals surface area contributed by atoms with E-state index in [1.807, 2.05) is 30.5 Å². The van der Waals surface area contributed by atoms with Crippen LogP contribution in [0.5, 0.6) is 5.75 Å². The highest BCUT2D eigenvalue weighted by Crippen LogP contribution is 2.35. The summed E-state index contributed by atoms with van der Waals surface area (Å²) in [4.78, 5) is 17.2. The van der Waals surface area contributed by atoms with E-state index < -0.39 is 17.6 Å². The average Bonchev–Trinajstić information content (AvgIpc) is 3.00. The van der Waals surface area contributed by atoms with Crippen LogP contribution >= 0.6 is 11.8 Å². The summed E-state index contributed by atoms with van der Waals surface area (Å²) in [6.45, 7) is 1.91. The number of thioether (sulfide) groups is 1. The molecule has 0 radical (unpaired) electrons. The van der Waals surface area contributed by atoms with E-state index in [-0.39, 0.29) is 24.6 Å². The van der Waals surface area contributed by atoms with Gasteiger partial charge in [0.15, 0.2) is 0 Å². The molecular formula is C20H20F3N3O2S. The summed E-state index contributed by atoms with van der Waals surface area (Å²) in [5, 5.41) is 2.56. The van der Waals surface area contributed by atoms with Crippen LogP contribution in [-0.4, -0.2) is 28.3 Å². The van der Waals surface area contributed by atoms with Gasteiger partial charge in [0.2, 0.25) is 5.91 Å². The van der Waals surface area contributed by atoms with Gasteiger partial charge in [-0.1, -0.05) is 12.1 Å². The predicted octanol–water partition coefficient (Wildman–Crippen LogP) is 4.96. The molecule has 0 aliphatic heterocycles. The smallest absolute Gasteiger partial charge is 0.416 e. The van der Waals surface area contributed by atoms with Gasteiger partial charge in [-0.25, -0.2) is 4.98 Å². The molecule has 5 nitrogen and oxygen atoms in total. The van der Waals surface area contributed by atoms with Crippen LogP contribution in [0.25, 0.3) is 11.0 Å². The Morgan fingerprint density at radius 1 is 1.24 bits per heavy atom. The first-order valence-electron chi connectivity index (χ1n) is 8.90. The van der Waals surface area contributed by atoms with E-state index >= 15 is 0 Å². The second kappa shape index (κ2) is 8.77. The van der Waals surface area contributed by atoms with Crippen LogP contribution in [0.2, 0.25) is 0 Å². The number of imidazole rings is 1. The van der Waals surface area contributed by atoms with E-state index in [2.05, 4.69) is 10.3 Å². The van der Waals surface area contributed by atoms with Crippen LogP contribution in [0.15, 0.2) is 42.5 Å². The van der Waals surface area contributed by atoms with Crippen molar-refractivity contribution in [2.75, 3.05) is 18.2 Å². The average molecular weight is 423 g/mol. The number of fused-ring (bicyclic) bond motifs is 1. The Morgan fingerprint density at radius 3 is 2.69 bits per heavy atom. The van der Waals surface area contributed by atoms with Gasteiger partial charge in [-0.05, 0) is 43.5 Å². The van der Waals surface area contributed by atoms with Gasteiger partial charge >= 0.3 is 6.18 Å². The quantitative estimate of drug-likeness (QED) is 0.584. The summed E-state index contributed by atoms with van der Waals surface area (Å²) in [7, 11) is 0. The summed E-state index contributed by atoms with van der Waals surface area (Å²) in [5.74, 6) is 1.06. The largest absolute Gasteiger partial charge is 0.492 e. The van der Waals surface area contributed by atoms with Crippen molar-refractivity contribution < 1.29 is 22.7 Å². The number of amides is 1. The summed E-state index contributed by atoms with van der Waals surface area (Å²) in [6, 6.07) is 10.5. The van der Waals surface area contributed by atoms with Crippen LogP contribution < -0.4 is 10.1 Å². The van der Waals surface area contributed by atoms with Crippen LogP contribution in [0.4, 0.5) is 18.9 Å². The number of benzene rings is 2. The number of para-hydroxylation sites is 2. The third-order valence-corrected chi connectivity index (χ3v) is 4.74. The first-order valence-corrected chi connectivity index (χ1v) is 10.3. The lowest BCUT2D eigenvalue weighted by molar-refractivity contribution is -0.137. The number of nitrogens with one attached hydrogen (secondary N) is 1. The highest BCUT2D eigenvalue weighted by molar-refractivity contribution is 7.97. The third kappa shape index (κ3) is 4.84. The molecule has 154 valence electrons. The first-order chi connectivity index (χ1) is 13.8. The van der Waals surface area contributed by atoms with E-state index in [0.717, 1.165) is 29.0 Å². The van der Waals surface area contributed by atoms with E-state index in [0.29, 0.717) is 5.75 Å². The Bertz CT molecular complexity index is 1020. The van der Waals surface area contributed by atoms with Crippen LogP contribution in [0, 0.1) is 0 Å². The minimum Gasteiger partial charge on any atom is -0.492 e. The molecule has 0 atom stereocenters. The van der Waals surface area contributed by atoms with Gasteiger partial charge in [0, 0.05) is 0 Å². The van der Waals surface area contributed by atoms with Gasteiger partial charge in [0.1, 0.15) is 18.1 Å². The van der Waals surface area contributed by atoms with Gasteiger partial charge < -0.3 is 14.6 Å². The van der Waals surface area contributed by atoms with Crippen molar-refractivity contribution >= 4 is 34.4 Å². The molecule has 0 bridgehead atoms. The van der Waals surface area contributed by atoms with Crippen LogP contribution in [-0.2, 0) is 23.3 Å². The molecule has 3 rings (SSSR count). The van der Waals surface area contributed by atoms with Crippen molar-refractivity contribution in [2.45, 2.75) is 25.4 Å². The topological polar surface area (TPSA) is 56.1 Å². The summed E-state index contributed by atoms with van der Waals surface area (Å²) >= 11 is 1.57. The molecule has 3 aromatic rings. The first kappa shape index (κ1) is 21.0. The van der Waals surface area contributed by atoms with Crippen LogP contribution in [0.3, 0.4) is 0 Å². The Labute approximate surface area is 170 Å². The maximum Gasteiger partial charge on any atom is 0.416 e. The van der Waals surface area contributed by atoms with E-state index in [1.54, 1.807) is 23.3 Å². The molecule has 0 aliphatic carbocycles. The normalized spacial score (nSPS) is 11.6. The number of hydrogen-bond acceptors (Lipinski definition) is 4. The maximum atomic E-state index is 13.1. The number of carbonyl (C=O) groups is 1. The Hall–Kier alpha value is -2.68. The number of halogens is 3. The second-order valence-corrected chi connectivity index (χ2v) is 7.09. The zero-order valence-electron chi connectivity index (χ0n) is 15.9. The minimum absolute atomic E-state index is 0.0116. The number of aromatic nitrogens is 2. The summed E-state index contributed by atoms with van der Waals surface area (Å²) in [5.41, 5.74) is 0.689. The lowest BCUT2D eigenvalue weighted by atomic mass is 10.1. The van der Waals surface area contributed by atoms with Gasteiger partial charge in [0.05, 0.1) is 34.6 Å². The fraction of sp³-hybridized carbons (Fsp3) is 0.300. The molecule has 0 fully saturated rings. The molecule has 1 amide bonds.